The predicted octanol–water partition coefficient (Wildman–Crippen LogP) is 1.91. The molecule has 2 atom stereocenters. The van der Waals surface area contributed by atoms with Crippen LogP contribution in [0.5, 0.6) is 0 Å². The second-order valence-electron chi connectivity index (χ2n) is 3.86. The zero-order valence-electron chi connectivity index (χ0n) is 9.22. The van der Waals surface area contributed by atoms with Crippen LogP contribution in [0.25, 0.3) is 0 Å². The molecule has 90 valence electrons. The van der Waals surface area contributed by atoms with Gasteiger partial charge in [-0.2, -0.15) is 0 Å². The number of hydrogen-bond acceptors (Lipinski definition) is 5. The van der Waals surface area contributed by atoms with Crippen LogP contribution in [-0.2, 0) is 0 Å². The van der Waals surface area contributed by atoms with E-state index in [2.05, 4.69) is 15.3 Å². The van der Waals surface area contributed by atoms with Crippen molar-refractivity contribution in [2.24, 2.45) is 5.73 Å². The van der Waals surface area contributed by atoms with Crippen LogP contribution in [0.3, 0.4) is 0 Å². The summed E-state index contributed by atoms with van der Waals surface area (Å²) < 4.78 is 0. The van der Waals surface area contributed by atoms with Gasteiger partial charge in [-0.1, -0.05) is 0 Å². The number of hydrogen-bond donors (Lipinski definition) is 2. The minimum absolute atomic E-state index is 0. The Hall–Kier alpha value is -0.520. The molecule has 4 nitrogen and oxygen atoms in total. The molecule has 0 aliphatic heterocycles. The molecule has 3 N–H and O–H groups in total. The van der Waals surface area contributed by atoms with E-state index in [1.54, 1.807) is 11.8 Å². The Morgan fingerprint density at radius 3 is 2.56 bits per heavy atom. The van der Waals surface area contributed by atoms with Crippen LogP contribution >= 0.6 is 24.2 Å². The van der Waals surface area contributed by atoms with Crippen LogP contribution in [0.1, 0.15) is 19.3 Å². The number of rotatable bonds is 3. The van der Waals surface area contributed by atoms with Crippen LogP contribution in [0.4, 0.5) is 5.95 Å². The van der Waals surface area contributed by atoms with Crippen molar-refractivity contribution in [1.29, 1.82) is 0 Å². The van der Waals surface area contributed by atoms with E-state index in [1.807, 2.05) is 18.6 Å². The van der Waals surface area contributed by atoms with E-state index in [9.17, 15) is 0 Å². The lowest BCUT2D eigenvalue weighted by atomic mass is 10.2. The topological polar surface area (TPSA) is 63.8 Å². The molecule has 1 aliphatic rings. The average Bonchev–Trinajstić information content (AvgIpc) is 2.65. The highest BCUT2D eigenvalue weighted by molar-refractivity contribution is 7.98. The molecular weight excluding hydrogens is 244 g/mol. The number of anilines is 1. The summed E-state index contributed by atoms with van der Waals surface area (Å²) in [5.41, 5.74) is 5.84. The Balaban J connectivity index is 0.00000128. The van der Waals surface area contributed by atoms with Gasteiger partial charge in [-0.05, 0) is 25.5 Å². The van der Waals surface area contributed by atoms with Crippen molar-refractivity contribution in [3.05, 3.63) is 12.4 Å². The van der Waals surface area contributed by atoms with Crippen LogP contribution in [-0.4, -0.2) is 28.3 Å². The quantitative estimate of drug-likeness (QED) is 0.813. The summed E-state index contributed by atoms with van der Waals surface area (Å²) in [6, 6.07) is 0.785. The third-order valence-electron chi connectivity index (χ3n) is 2.67. The van der Waals surface area contributed by atoms with Gasteiger partial charge in [0.1, 0.15) is 0 Å². The molecule has 0 radical (unpaired) electrons. The first-order valence-electron chi connectivity index (χ1n) is 5.16. The first kappa shape index (κ1) is 13.5. The number of nitrogens with two attached hydrogens (primary N) is 1. The third-order valence-corrected chi connectivity index (χ3v) is 3.35. The number of halogens is 1. The number of nitrogens with one attached hydrogen (secondary N) is 1. The molecule has 1 aromatic heterocycles. The normalized spacial score (nSPS) is 23.9. The van der Waals surface area contributed by atoms with E-state index in [1.165, 1.54) is 0 Å². The minimum atomic E-state index is 0. The predicted molar refractivity (Wildman–Crippen MR) is 70.3 cm³/mol. The van der Waals surface area contributed by atoms with Crippen LogP contribution in [0.2, 0.25) is 0 Å². The lowest BCUT2D eigenvalue weighted by molar-refractivity contribution is 0.684. The number of aromatic nitrogens is 2. The fourth-order valence-electron chi connectivity index (χ4n) is 1.83. The summed E-state index contributed by atoms with van der Waals surface area (Å²) in [5.74, 6) is 0.715. The van der Waals surface area contributed by atoms with Gasteiger partial charge in [0.2, 0.25) is 5.95 Å². The SMILES string of the molecule is CSc1cnc(N[C@@H]2CC[C@@H](N)C2)nc1.Cl. The van der Waals surface area contributed by atoms with Crippen molar-refractivity contribution < 1.29 is 0 Å². The average molecular weight is 261 g/mol. The van der Waals surface area contributed by atoms with E-state index < -0.39 is 0 Å². The smallest absolute Gasteiger partial charge is 0.222 e. The molecular formula is C10H17ClN4S. The summed E-state index contributed by atoms with van der Waals surface area (Å²) >= 11 is 1.65. The van der Waals surface area contributed by atoms with E-state index >= 15 is 0 Å². The van der Waals surface area contributed by atoms with Gasteiger partial charge in [-0.3, -0.25) is 0 Å². The van der Waals surface area contributed by atoms with E-state index in [0.717, 1.165) is 24.2 Å². The highest BCUT2D eigenvalue weighted by Crippen LogP contribution is 2.20. The van der Waals surface area contributed by atoms with Gasteiger partial charge in [0, 0.05) is 29.4 Å². The van der Waals surface area contributed by atoms with Gasteiger partial charge in [0.05, 0.1) is 0 Å². The van der Waals surface area contributed by atoms with E-state index in [4.69, 9.17) is 5.73 Å². The molecule has 1 fully saturated rings. The molecule has 0 aromatic carbocycles. The molecule has 1 aromatic rings. The Morgan fingerprint density at radius 1 is 1.38 bits per heavy atom. The molecule has 1 aliphatic carbocycles. The van der Waals surface area contributed by atoms with Crippen molar-refractivity contribution >= 4 is 30.1 Å². The maximum Gasteiger partial charge on any atom is 0.222 e. The minimum Gasteiger partial charge on any atom is -0.351 e. The van der Waals surface area contributed by atoms with E-state index in [-0.39, 0.29) is 12.4 Å². The maximum absolute atomic E-state index is 5.84. The van der Waals surface area contributed by atoms with Crippen molar-refractivity contribution in [1.82, 2.24) is 9.97 Å². The Kier molecular flexibility index (Phi) is 5.31. The molecule has 16 heavy (non-hydrogen) atoms. The highest BCUT2D eigenvalue weighted by atomic mass is 35.5. The second kappa shape index (κ2) is 6.27. The molecule has 1 heterocycles. The molecule has 0 saturated heterocycles. The standard InChI is InChI=1S/C10H16N4S.ClH/c1-15-9-5-12-10(13-6-9)14-8-3-2-7(11)4-8;/h5-8H,2-4,11H2,1H3,(H,12,13,14);1H/t7-,8-;/m1./s1. The van der Waals surface area contributed by atoms with Crippen LogP contribution in [0, 0.1) is 0 Å². The molecule has 2 rings (SSSR count). The largest absolute Gasteiger partial charge is 0.351 e. The molecule has 0 amide bonds. The van der Waals surface area contributed by atoms with Gasteiger partial charge in [0.25, 0.3) is 0 Å². The van der Waals surface area contributed by atoms with Gasteiger partial charge in [0.15, 0.2) is 0 Å². The summed E-state index contributed by atoms with van der Waals surface area (Å²) in [4.78, 5) is 9.60. The fraction of sp³-hybridized carbons (Fsp3) is 0.600. The highest BCUT2D eigenvalue weighted by Gasteiger charge is 2.21. The zero-order valence-corrected chi connectivity index (χ0v) is 10.9. The molecule has 0 unspecified atom stereocenters. The third kappa shape index (κ3) is 3.50. The van der Waals surface area contributed by atoms with Crippen LogP contribution < -0.4 is 11.1 Å². The van der Waals surface area contributed by atoms with E-state index in [0.29, 0.717) is 18.0 Å². The van der Waals surface area contributed by atoms with Crippen molar-refractivity contribution in [2.75, 3.05) is 11.6 Å². The Labute approximate surface area is 106 Å². The number of nitrogens with zero attached hydrogens (tertiary/aromatic N) is 2. The lowest BCUT2D eigenvalue weighted by Crippen LogP contribution is -2.21. The van der Waals surface area contributed by atoms with Crippen molar-refractivity contribution in [2.45, 2.75) is 36.2 Å². The zero-order chi connectivity index (χ0) is 10.7. The van der Waals surface area contributed by atoms with Gasteiger partial charge in [-0.25, -0.2) is 9.97 Å². The summed E-state index contributed by atoms with van der Waals surface area (Å²) in [7, 11) is 0. The Morgan fingerprint density at radius 2 is 2.06 bits per heavy atom. The molecule has 0 bridgehead atoms. The maximum atomic E-state index is 5.84. The van der Waals surface area contributed by atoms with Crippen LogP contribution in [0.15, 0.2) is 17.3 Å². The monoisotopic (exact) mass is 260 g/mol. The van der Waals surface area contributed by atoms with Gasteiger partial charge < -0.3 is 11.1 Å². The molecule has 6 heteroatoms. The second-order valence-corrected chi connectivity index (χ2v) is 4.74. The fourth-order valence-corrected chi connectivity index (χ4v) is 2.14. The summed E-state index contributed by atoms with van der Waals surface area (Å²) in [6.45, 7) is 0. The molecule has 0 spiro atoms. The summed E-state index contributed by atoms with van der Waals surface area (Å²) in [5, 5.41) is 3.31. The Bertz CT molecular complexity index is 319. The first-order valence-corrected chi connectivity index (χ1v) is 6.38. The van der Waals surface area contributed by atoms with Crippen molar-refractivity contribution in [3.63, 3.8) is 0 Å². The summed E-state index contributed by atoms with van der Waals surface area (Å²) in [6.07, 6.45) is 8.94. The van der Waals surface area contributed by atoms with Gasteiger partial charge >= 0.3 is 0 Å². The van der Waals surface area contributed by atoms with Gasteiger partial charge in [-0.15, -0.1) is 24.2 Å². The lowest BCUT2D eigenvalue weighted by Gasteiger charge is -2.11. The van der Waals surface area contributed by atoms with Crippen molar-refractivity contribution in [3.8, 4) is 0 Å². The number of thioether (sulfide) groups is 1. The first-order chi connectivity index (χ1) is 7.28. The molecule has 1 saturated carbocycles.